The Labute approximate surface area is 111 Å². The second kappa shape index (κ2) is 6.77. The Morgan fingerprint density at radius 3 is 2.79 bits per heavy atom. The molecule has 0 bridgehead atoms. The van der Waals surface area contributed by atoms with Gasteiger partial charge in [-0.05, 0) is 20.3 Å². The topological polar surface area (TPSA) is 95.7 Å². The van der Waals surface area contributed by atoms with Crippen LogP contribution in [0.2, 0.25) is 0 Å². The Hall–Kier alpha value is -2.05. The van der Waals surface area contributed by atoms with Crippen LogP contribution in [0.25, 0.3) is 0 Å². The van der Waals surface area contributed by atoms with Gasteiger partial charge in [0.1, 0.15) is 11.8 Å². The Kier molecular flexibility index (Phi) is 5.35. The van der Waals surface area contributed by atoms with E-state index in [1.165, 1.54) is 4.90 Å². The SMILES string of the molecule is Cc1cnc(C(C)NC(=O)N(C)CCCC(=O)O)o1. The van der Waals surface area contributed by atoms with Gasteiger partial charge in [0.25, 0.3) is 0 Å². The van der Waals surface area contributed by atoms with E-state index < -0.39 is 5.97 Å². The summed E-state index contributed by atoms with van der Waals surface area (Å²) in [4.78, 5) is 27.7. The lowest BCUT2D eigenvalue weighted by molar-refractivity contribution is -0.137. The first-order valence-electron chi connectivity index (χ1n) is 6.06. The van der Waals surface area contributed by atoms with Crippen LogP contribution >= 0.6 is 0 Å². The van der Waals surface area contributed by atoms with Crippen LogP contribution in [0, 0.1) is 6.92 Å². The molecule has 1 atom stereocenters. The van der Waals surface area contributed by atoms with Crippen molar-refractivity contribution in [2.24, 2.45) is 0 Å². The van der Waals surface area contributed by atoms with Crippen LogP contribution in [0.4, 0.5) is 4.79 Å². The van der Waals surface area contributed by atoms with Gasteiger partial charge in [-0.2, -0.15) is 0 Å². The van der Waals surface area contributed by atoms with Gasteiger partial charge in [-0.1, -0.05) is 0 Å². The monoisotopic (exact) mass is 269 g/mol. The minimum absolute atomic E-state index is 0.0477. The number of aryl methyl sites for hydroxylation is 1. The van der Waals surface area contributed by atoms with E-state index in [1.54, 1.807) is 27.1 Å². The predicted molar refractivity (Wildman–Crippen MR) is 67.7 cm³/mol. The number of aliphatic carboxylic acids is 1. The molecule has 0 aliphatic heterocycles. The molecule has 0 aliphatic carbocycles. The molecule has 7 nitrogen and oxygen atoms in total. The second-order valence-corrected chi connectivity index (χ2v) is 4.40. The van der Waals surface area contributed by atoms with E-state index in [0.717, 1.165) is 0 Å². The number of hydrogen-bond donors (Lipinski definition) is 2. The molecule has 0 radical (unpaired) electrons. The summed E-state index contributed by atoms with van der Waals surface area (Å²) in [6.45, 7) is 3.94. The van der Waals surface area contributed by atoms with Crippen molar-refractivity contribution in [3.8, 4) is 0 Å². The highest BCUT2D eigenvalue weighted by molar-refractivity contribution is 5.74. The minimum atomic E-state index is -0.863. The fourth-order valence-electron chi connectivity index (χ4n) is 1.50. The van der Waals surface area contributed by atoms with Gasteiger partial charge in [-0.25, -0.2) is 9.78 Å². The number of oxazole rings is 1. The zero-order chi connectivity index (χ0) is 14.4. The lowest BCUT2D eigenvalue weighted by Gasteiger charge is -2.19. The number of carbonyl (C=O) groups excluding carboxylic acids is 1. The van der Waals surface area contributed by atoms with Gasteiger partial charge < -0.3 is 19.7 Å². The van der Waals surface area contributed by atoms with Crippen molar-refractivity contribution in [2.45, 2.75) is 32.7 Å². The summed E-state index contributed by atoms with van der Waals surface area (Å²) >= 11 is 0. The van der Waals surface area contributed by atoms with E-state index in [-0.39, 0.29) is 18.5 Å². The molecule has 19 heavy (non-hydrogen) atoms. The van der Waals surface area contributed by atoms with Crippen LogP contribution < -0.4 is 5.32 Å². The Morgan fingerprint density at radius 2 is 2.26 bits per heavy atom. The van der Waals surface area contributed by atoms with Crippen LogP contribution in [0.5, 0.6) is 0 Å². The number of amides is 2. The fraction of sp³-hybridized carbons (Fsp3) is 0.583. The zero-order valence-corrected chi connectivity index (χ0v) is 11.3. The summed E-state index contributed by atoms with van der Waals surface area (Å²) in [6.07, 6.45) is 2.06. The van der Waals surface area contributed by atoms with Gasteiger partial charge >= 0.3 is 12.0 Å². The number of nitrogens with zero attached hydrogens (tertiary/aromatic N) is 2. The standard InChI is InChI=1S/C12H19N3O4/c1-8-7-13-11(19-8)9(2)14-12(18)15(3)6-4-5-10(16)17/h7,9H,4-6H2,1-3H3,(H,14,18)(H,16,17). The van der Waals surface area contributed by atoms with E-state index in [9.17, 15) is 9.59 Å². The molecule has 7 heteroatoms. The van der Waals surface area contributed by atoms with Gasteiger partial charge in [-0.3, -0.25) is 4.79 Å². The number of carbonyl (C=O) groups is 2. The van der Waals surface area contributed by atoms with Crippen LogP contribution in [0.3, 0.4) is 0 Å². The molecule has 1 aromatic heterocycles. The lowest BCUT2D eigenvalue weighted by Crippen LogP contribution is -2.39. The molecule has 1 aromatic rings. The quantitative estimate of drug-likeness (QED) is 0.816. The number of carboxylic acid groups (broad SMARTS) is 1. The third kappa shape index (κ3) is 4.99. The molecule has 0 spiro atoms. The summed E-state index contributed by atoms with van der Waals surface area (Å²) in [5.74, 6) is 0.271. The molecule has 0 saturated carbocycles. The molecule has 2 amide bonds. The molecule has 0 aliphatic rings. The van der Waals surface area contributed by atoms with Crippen molar-refractivity contribution in [2.75, 3.05) is 13.6 Å². The van der Waals surface area contributed by atoms with E-state index in [0.29, 0.717) is 24.6 Å². The fourth-order valence-corrected chi connectivity index (χ4v) is 1.50. The van der Waals surface area contributed by atoms with Crippen molar-refractivity contribution in [3.63, 3.8) is 0 Å². The molecule has 0 fully saturated rings. The van der Waals surface area contributed by atoms with E-state index in [2.05, 4.69) is 10.3 Å². The summed E-state index contributed by atoms with van der Waals surface area (Å²) < 4.78 is 5.32. The maximum absolute atomic E-state index is 11.8. The molecule has 106 valence electrons. The summed E-state index contributed by atoms with van der Waals surface area (Å²) in [5.41, 5.74) is 0. The predicted octanol–water partition coefficient (Wildman–Crippen LogP) is 1.55. The second-order valence-electron chi connectivity index (χ2n) is 4.40. The van der Waals surface area contributed by atoms with Gasteiger partial charge in [0, 0.05) is 20.0 Å². The maximum Gasteiger partial charge on any atom is 0.317 e. The average Bonchev–Trinajstić information content (AvgIpc) is 2.75. The molecule has 0 saturated heterocycles. The molecule has 1 rings (SSSR count). The van der Waals surface area contributed by atoms with Crippen molar-refractivity contribution in [1.82, 2.24) is 15.2 Å². The average molecular weight is 269 g/mol. The van der Waals surface area contributed by atoms with Gasteiger partial charge in [-0.15, -0.1) is 0 Å². The molecule has 1 unspecified atom stereocenters. The molecule has 1 heterocycles. The first-order chi connectivity index (χ1) is 8.90. The number of rotatable bonds is 6. The maximum atomic E-state index is 11.8. The highest BCUT2D eigenvalue weighted by atomic mass is 16.4. The van der Waals surface area contributed by atoms with E-state index in [1.807, 2.05) is 0 Å². The van der Waals surface area contributed by atoms with Crippen LogP contribution in [-0.2, 0) is 4.79 Å². The molecular weight excluding hydrogens is 250 g/mol. The zero-order valence-electron chi connectivity index (χ0n) is 11.3. The van der Waals surface area contributed by atoms with Crippen molar-refractivity contribution < 1.29 is 19.1 Å². The first kappa shape index (κ1) is 15.0. The third-order valence-electron chi connectivity index (χ3n) is 2.58. The number of carboxylic acids is 1. The molecule has 2 N–H and O–H groups in total. The summed E-state index contributed by atoms with van der Waals surface area (Å²) in [6, 6.07) is -0.614. The number of urea groups is 1. The van der Waals surface area contributed by atoms with Gasteiger partial charge in [0.05, 0.1) is 6.20 Å². The largest absolute Gasteiger partial charge is 0.481 e. The van der Waals surface area contributed by atoms with Crippen LogP contribution in [0.15, 0.2) is 10.6 Å². The van der Waals surface area contributed by atoms with Crippen molar-refractivity contribution in [3.05, 3.63) is 17.8 Å². The molecule has 0 aromatic carbocycles. The normalized spacial score (nSPS) is 11.9. The number of hydrogen-bond acceptors (Lipinski definition) is 4. The van der Waals surface area contributed by atoms with Gasteiger partial charge in [0.15, 0.2) is 0 Å². The first-order valence-corrected chi connectivity index (χ1v) is 6.06. The van der Waals surface area contributed by atoms with Crippen molar-refractivity contribution in [1.29, 1.82) is 0 Å². The Bertz CT molecular complexity index is 444. The highest BCUT2D eigenvalue weighted by Gasteiger charge is 2.16. The summed E-state index contributed by atoms with van der Waals surface area (Å²) in [5, 5.41) is 11.3. The van der Waals surface area contributed by atoms with Gasteiger partial charge in [0.2, 0.25) is 5.89 Å². The Morgan fingerprint density at radius 1 is 1.58 bits per heavy atom. The smallest absolute Gasteiger partial charge is 0.317 e. The number of nitrogens with one attached hydrogen (secondary N) is 1. The van der Waals surface area contributed by atoms with Crippen molar-refractivity contribution >= 4 is 12.0 Å². The van der Waals surface area contributed by atoms with E-state index in [4.69, 9.17) is 9.52 Å². The third-order valence-corrected chi connectivity index (χ3v) is 2.58. The van der Waals surface area contributed by atoms with E-state index >= 15 is 0 Å². The number of aromatic nitrogens is 1. The minimum Gasteiger partial charge on any atom is -0.481 e. The highest BCUT2D eigenvalue weighted by Crippen LogP contribution is 2.12. The Balaban J connectivity index is 2.39. The lowest BCUT2D eigenvalue weighted by atomic mass is 10.3. The van der Waals surface area contributed by atoms with Crippen LogP contribution in [0.1, 0.15) is 37.5 Å². The summed E-state index contributed by atoms with van der Waals surface area (Å²) in [7, 11) is 1.62. The molecular formula is C12H19N3O4. The van der Waals surface area contributed by atoms with Crippen LogP contribution in [-0.4, -0.2) is 40.6 Å².